The van der Waals surface area contributed by atoms with Gasteiger partial charge in [0.2, 0.25) is 0 Å². The Morgan fingerprint density at radius 3 is 2.30 bits per heavy atom. The number of nitrogens with one attached hydrogen (secondary N) is 1. The lowest BCUT2D eigenvalue weighted by Crippen LogP contribution is -2.08. The summed E-state index contributed by atoms with van der Waals surface area (Å²) in [5, 5.41) is 3.65. The molecular weight excluding hydrogens is 514 g/mol. The van der Waals surface area contributed by atoms with Gasteiger partial charge >= 0.3 is 0 Å². The highest BCUT2D eigenvalue weighted by Crippen LogP contribution is 2.40. The highest BCUT2D eigenvalue weighted by atomic mass is 79.9. The molecule has 1 N–H and O–H groups in total. The van der Waals surface area contributed by atoms with Gasteiger partial charge in [-0.05, 0) is 80.1 Å². The zero-order valence-electron chi connectivity index (χ0n) is 10.4. The minimum absolute atomic E-state index is 0.367. The number of hydrogen-bond acceptors (Lipinski definition) is 1. The van der Waals surface area contributed by atoms with Gasteiger partial charge in [-0.15, -0.1) is 0 Å². The second kappa shape index (κ2) is 6.11. The first-order chi connectivity index (χ1) is 9.54. The van der Waals surface area contributed by atoms with Crippen LogP contribution < -0.4 is 5.32 Å². The van der Waals surface area contributed by atoms with Gasteiger partial charge in [0.15, 0.2) is 0 Å². The summed E-state index contributed by atoms with van der Waals surface area (Å²) in [5.74, 6) is 0. The Labute approximate surface area is 152 Å². The molecule has 0 radical (unpaired) electrons. The molecule has 1 nitrogen and oxygen atoms in total. The van der Waals surface area contributed by atoms with Crippen molar-refractivity contribution in [2.75, 3.05) is 5.32 Å². The minimum atomic E-state index is 0.367. The quantitative estimate of drug-likeness (QED) is 0.454. The fourth-order valence-electron chi connectivity index (χ4n) is 2.59. The summed E-state index contributed by atoms with van der Waals surface area (Å²) >= 11 is 14.3. The Balaban J connectivity index is 1.91. The van der Waals surface area contributed by atoms with Crippen molar-refractivity contribution in [1.82, 2.24) is 0 Å². The van der Waals surface area contributed by atoms with Crippen LogP contribution in [0, 0.1) is 0 Å². The molecule has 104 valence electrons. The Morgan fingerprint density at radius 2 is 1.60 bits per heavy atom. The van der Waals surface area contributed by atoms with E-state index in [4.69, 9.17) is 0 Å². The van der Waals surface area contributed by atoms with Crippen molar-refractivity contribution in [3.8, 4) is 0 Å². The molecule has 0 amide bonds. The molecule has 0 fully saturated rings. The lowest BCUT2D eigenvalue weighted by atomic mass is 10.1. The minimum Gasteiger partial charge on any atom is -0.376 e. The molecule has 0 aliphatic heterocycles. The summed E-state index contributed by atoms with van der Waals surface area (Å²) in [4.78, 5) is 0. The largest absolute Gasteiger partial charge is 0.376 e. The number of aryl methyl sites for hydroxylation is 1. The molecule has 0 saturated carbocycles. The van der Waals surface area contributed by atoms with Gasteiger partial charge in [0, 0.05) is 17.9 Å². The van der Waals surface area contributed by atoms with Crippen LogP contribution in [0.3, 0.4) is 0 Å². The highest BCUT2D eigenvalue weighted by molar-refractivity contribution is 9.11. The standard InChI is InChI=1S/C15H11Br4N/c16-9-2-3-11-8(5-9)1-4-14(11)20-15-12(18)6-10(17)7-13(15)19/h2-3,5-7,14,20H,1,4H2. The van der Waals surface area contributed by atoms with Crippen molar-refractivity contribution in [2.24, 2.45) is 0 Å². The summed E-state index contributed by atoms with van der Waals surface area (Å²) in [6.07, 6.45) is 2.25. The number of rotatable bonds is 2. The molecule has 2 aromatic carbocycles. The summed E-state index contributed by atoms with van der Waals surface area (Å²) in [6, 6.07) is 11.0. The van der Waals surface area contributed by atoms with Gasteiger partial charge in [0.05, 0.1) is 11.7 Å². The molecule has 3 rings (SSSR count). The predicted octanol–water partition coefficient (Wildman–Crippen LogP) is 6.84. The smallest absolute Gasteiger partial charge is 0.0634 e. The zero-order chi connectivity index (χ0) is 14.3. The van der Waals surface area contributed by atoms with E-state index in [9.17, 15) is 0 Å². The Hall–Kier alpha value is 0.160. The van der Waals surface area contributed by atoms with Crippen molar-refractivity contribution < 1.29 is 0 Å². The average molecular weight is 525 g/mol. The van der Waals surface area contributed by atoms with Gasteiger partial charge < -0.3 is 5.32 Å². The molecule has 1 aliphatic carbocycles. The van der Waals surface area contributed by atoms with Crippen molar-refractivity contribution in [1.29, 1.82) is 0 Å². The summed E-state index contributed by atoms with van der Waals surface area (Å²) in [5.41, 5.74) is 3.94. The second-order valence-electron chi connectivity index (χ2n) is 4.82. The molecule has 2 aromatic rings. The number of hydrogen-bond donors (Lipinski definition) is 1. The van der Waals surface area contributed by atoms with E-state index in [0.29, 0.717) is 6.04 Å². The Kier molecular flexibility index (Phi) is 4.60. The van der Waals surface area contributed by atoms with Gasteiger partial charge in [-0.25, -0.2) is 0 Å². The number of anilines is 1. The van der Waals surface area contributed by atoms with Gasteiger partial charge in [0.1, 0.15) is 0 Å². The van der Waals surface area contributed by atoms with E-state index < -0.39 is 0 Å². The van der Waals surface area contributed by atoms with E-state index in [2.05, 4.69) is 99.4 Å². The normalized spacial score (nSPS) is 17.1. The number of fused-ring (bicyclic) bond motifs is 1. The average Bonchev–Trinajstić information content (AvgIpc) is 2.76. The van der Waals surface area contributed by atoms with Crippen molar-refractivity contribution in [2.45, 2.75) is 18.9 Å². The first-order valence-electron chi connectivity index (χ1n) is 6.24. The fourth-order valence-corrected chi connectivity index (χ4v) is 5.49. The van der Waals surface area contributed by atoms with Gasteiger partial charge in [-0.2, -0.15) is 0 Å². The Morgan fingerprint density at radius 1 is 0.900 bits per heavy atom. The first kappa shape index (κ1) is 15.1. The SMILES string of the molecule is Brc1cc(Br)c(NC2CCc3cc(Br)ccc32)c(Br)c1. The predicted molar refractivity (Wildman–Crippen MR) is 98.4 cm³/mol. The zero-order valence-corrected chi connectivity index (χ0v) is 16.7. The molecule has 0 saturated heterocycles. The van der Waals surface area contributed by atoms with E-state index in [1.54, 1.807) is 0 Å². The van der Waals surface area contributed by atoms with Crippen LogP contribution in [0.1, 0.15) is 23.6 Å². The van der Waals surface area contributed by atoms with E-state index in [1.807, 2.05) is 0 Å². The molecular formula is C15H11Br4N. The number of benzene rings is 2. The monoisotopic (exact) mass is 521 g/mol. The maximum atomic E-state index is 3.65. The maximum Gasteiger partial charge on any atom is 0.0634 e. The third-order valence-electron chi connectivity index (χ3n) is 3.51. The second-order valence-corrected chi connectivity index (χ2v) is 8.36. The molecule has 1 unspecified atom stereocenters. The molecule has 0 spiro atoms. The van der Waals surface area contributed by atoms with Crippen LogP contribution in [0.2, 0.25) is 0 Å². The molecule has 0 aromatic heterocycles. The Bertz CT molecular complexity index is 646. The van der Waals surface area contributed by atoms with Crippen molar-refractivity contribution in [3.63, 3.8) is 0 Å². The number of halogens is 4. The lowest BCUT2D eigenvalue weighted by molar-refractivity contribution is 0.761. The van der Waals surface area contributed by atoms with E-state index >= 15 is 0 Å². The topological polar surface area (TPSA) is 12.0 Å². The third-order valence-corrected chi connectivity index (χ3v) is 5.71. The van der Waals surface area contributed by atoms with Crippen LogP contribution in [0.15, 0.2) is 48.2 Å². The van der Waals surface area contributed by atoms with Crippen LogP contribution in [0.25, 0.3) is 0 Å². The van der Waals surface area contributed by atoms with Crippen molar-refractivity contribution >= 4 is 69.4 Å². The van der Waals surface area contributed by atoms with Crippen molar-refractivity contribution in [3.05, 3.63) is 59.3 Å². The van der Waals surface area contributed by atoms with Crippen LogP contribution in [-0.4, -0.2) is 0 Å². The molecule has 5 heteroatoms. The van der Waals surface area contributed by atoms with Gasteiger partial charge in [-0.1, -0.05) is 37.9 Å². The summed E-state index contributed by atoms with van der Waals surface area (Å²) < 4.78 is 4.33. The van der Waals surface area contributed by atoms with Gasteiger partial charge in [-0.3, -0.25) is 0 Å². The van der Waals surface area contributed by atoms with E-state index in [0.717, 1.165) is 36.4 Å². The van der Waals surface area contributed by atoms with Gasteiger partial charge in [0.25, 0.3) is 0 Å². The van der Waals surface area contributed by atoms with Crippen LogP contribution in [0.4, 0.5) is 5.69 Å². The molecule has 1 aliphatic rings. The molecule has 0 heterocycles. The lowest BCUT2D eigenvalue weighted by Gasteiger charge is -2.18. The molecule has 0 bridgehead atoms. The molecule has 20 heavy (non-hydrogen) atoms. The third kappa shape index (κ3) is 3.01. The van der Waals surface area contributed by atoms with E-state index in [1.165, 1.54) is 11.1 Å². The maximum absolute atomic E-state index is 3.65. The fraction of sp³-hybridized carbons (Fsp3) is 0.200. The first-order valence-corrected chi connectivity index (χ1v) is 9.41. The summed E-state index contributed by atoms with van der Waals surface area (Å²) in [7, 11) is 0. The van der Waals surface area contributed by atoms with E-state index in [-0.39, 0.29) is 0 Å². The molecule has 1 atom stereocenters. The summed E-state index contributed by atoms with van der Waals surface area (Å²) in [6.45, 7) is 0. The van der Waals surface area contributed by atoms with Crippen LogP contribution in [0.5, 0.6) is 0 Å². The van der Waals surface area contributed by atoms with Crippen LogP contribution in [-0.2, 0) is 6.42 Å². The van der Waals surface area contributed by atoms with Crippen LogP contribution >= 0.6 is 63.7 Å². The highest BCUT2D eigenvalue weighted by Gasteiger charge is 2.23.